The van der Waals surface area contributed by atoms with Crippen LogP contribution in [0.5, 0.6) is 11.5 Å². The Balaban J connectivity index is 2.14. The summed E-state index contributed by atoms with van der Waals surface area (Å²) in [6.45, 7) is 4.90. The minimum atomic E-state index is -4.16. The average Bonchev–Trinajstić information content (AvgIpc) is 2.76. The van der Waals surface area contributed by atoms with Gasteiger partial charge in [-0.25, -0.2) is 8.42 Å². The van der Waals surface area contributed by atoms with Crippen LogP contribution in [0.15, 0.2) is 59.8 Å². The summed E-state index contributed by atoms with van der Waals surface area (Å²) >= 11 is 0. The number of carbonyl (C=O) groups excluding carboxylic acids is 1. The Morgan fingerprint density at radius 3 is 2.30 bits per heavy atom. The molecule has 0 aliphatic carbocycles. The van der Waals surface area contributed by atoms with Crippen molar-refractivity contribution in [2.75, 3.05) is 30.4 Å². The van der Waals surface area contributed by atoms with Crippen LogP contribution < -0.4 is 19.1 Å². The molecule has 1 heterocycles. The molecular formula is C24H27N3O5S. The van der Waals surface area contributed by atoms with Crippen molar-refractivity contribution in [3.63, 3.8) is 0 Å². The first-order valence-electron chi connectivity index (χ1n) is 10.2. The third kappa shape index (κ3) is 5.25. The predicted molar refractivity (Wildman–Crippen MR) is 128 cm³/mol. The van der Waals surface area contributed by atoms with Gasteiger partial charge in [-0.05, 0) is 56.2 Å². The summed E-state index contributed by atoms with van der Waals surface area (Å²) in [5, 5.41) is 2.69. The molecule has 1 aromatic heterocycles. The Hall–Kier alpha value is -3.59. The van der Waals surface area contributed by atoms with E-state index >= 15 is 0 Å². The summed E-state index contributed by atoms with van der Waals surface area (Å²) < 4.78 is 39.7. The van der Waals surface area contributed by atoms with Crippen molar-refractivity contribution in [2.24, 2.45) is 0 Å². The molecule has 3 rings (SSSR count). The zero-order valence-corrected chi connectivity index (χ0v) is 20.1. The highest BCUT2D eigenvalue weighted by Crippen LogP contribution is 2.37. The Morgan fingerprint density at radius 1 is 1.03 bits per heavy atom. The SMILES string of the molecule is COc1ccc(OC)c(N(CC(=O)Nc2cccnc2)S(=O)(=O)c2c(C)cc(C)cc2C)c1. The zero-order chi connectivity index (χ0) is 24.2. The lowest BCUT2D eigenvalue weighted by Gasteiger charge is -2.27. The summed E-state index contributed by atoms with van der Waals surface area (Å²) in [6.07, 6.45) is 3.06. The van der Waals surface area contributed by atoms with Crippen LogP contribution in [0.2, 0.25) is 0 Å². The highest BCUT2D eigenvalue weighted by atomic mass is 32.2. The van der Waals surface area contributed by atoms with Gasteiger partial charge in [0.15, 0.2) is 0 Å². The number of nitrogens with one attached hydrogen (secondary N) is 1. The van der Waals surface area contributed by atoms with E-state index in [-0.39, 0.29) is 16.3 Å². The number of amides is 1. The van der Waals surface area contributed by atoms with Crippen LogP contribution in [0.1, 0.15) is 16.7 Å². The van der Waals surface area contributed by atoms with E-state index in [9.17, 15) is 13.2 Å². The molecule has 0 spiro atoms. The average molecular weight is 470 g/mol. The number of pyridine rings is 1. The van der Waals surface area contributed by atoms with Crippen LogP contribution in [-0.2, 0) is 14.8 Å². The van der Waals surface area contributed by atoms with Crippen LogP contribution >= 0.6 is 0 Å². The van der Waals surface area contributed by atoms with Crippen LogP contribution in [0, 0.1) is 20.8 Å². The van der Waals surface area contributed by atoms with Gasteiger partial charge >= 0.3 is 0 Å². The van der Waals surface area contributed by atoms with Crippen molar-refractivity contribution in [1.82, 2.24) is 4.98 Å². The lowest BCUT2D eigenvalue weighted by molar-refractivity contribution is -0.114. The Labute approximate surface area is 194 Å². The highest BCUT2D eigenvalue weighted by Gasteiger charge is 2.32. The van der Waals surface area contributed by atoms with Crippen LogP contribution in [0.3, 0.4) is 0 Å². The van der Waals surface area contributed by atoms with Crippen LogP contribution in [0.4, 0.5) is 11.4 Å². The van der Waals surface area contributed by atoms with E-state index in [1.165, 1.54) is 26.5 Å². The number of carbonyl (C=O) groups is 1. The molecule has 0 bridgehead atoms. The van der Waals surface area contributed by atoms with E-state index in [0.717, 1.165) is 9.87 Å². The van der Waals surface area contributed by atoms with Gasteiger partial charge in [-0.2, -0.15) is 0 Å². The number of aryl methyl sites for hydroxylation is 3. The smallest absolute Gasteiger partial charge is 0.265 e. The van der Waals surface area contributed by atoms with Gasteiger partial charge in [0, 0.05) is 12.3 Å². The number of sulfonamides is 1. The summed E-state index contributed by atoms with van der Waals surface area (Å²) in [5.74, 6) is 0.186. The van der Waals surface area contributed by atoms with Gasteiger partial charge in [-0.1, -0.05) is 17.7 Å². The maximum Gasteiger partial charge on any atom is 0.265 e. The molecule has 0 saturated heterocycles. The van der Waals surface area contributed by atoms with E-state index in [1.807, 2.05) is 6.92 Å². The molecule has 0 saturated carbocycles. The number of aromatic nitrogens is 1. The molecule has 8 nitrogen and oxygen atoms in total. The topological polar surface area (TPSA) is 97.8 Å². The van der Waals surface area contributed by atoms with Gasteiger partial charge in [0.25, 0.3) is 10.0 Å². The second kappa shape index (κ2) is 9.91. The van der Waals surface area contributed by atoms with E-state index in [1.54, 1.807) is 56.4 Å². The third-order valence-electron chi connectivity index (χ3n) is 5.04. The molecule has 1 amide bonds. The highest BCUT2D eigenvalue weighted by molar-refractivity contribution is 7.93. The van der Waals surface area contributed by atoms with Gasteiger partial charge in [0.1, 0.15) is 18.0 Å². The summed E-state index contributed by atoms with van der Waals surface area (Å²) in [4.78, 5) is 17.1. The molecule has 0 atom stereocenters. The molecule has 3 aromatic rings. The number of hydrogen-bond donors (Lipinski definition) is 1. The number of benzene rings is 2. The standard InChI is InChI=1S/C24H27N3O5S/c1-16-11-17(2)24(18(3)12-16)33(29,30)27(15-23(28)26-19-7-6-10-25-14-19)21-13-20(31-4)8-9-22(21)32-5/h6-14H,15H2,1-5H3,(H,26,28). The molecule has 174 valence electrons. The molecule has 1 N–H and O–H groups in total. The lowest BCUT2D eigenvalue weighted by Crippen LogP contribution is -2.39. The van der Waals surface area contributed by atoms with Crippen LogP contribution in [-0.4, -0.2) is 40.1 Å². The fourth-order valence-corrected chi connectivity index (χ4v) is 5.58. The molecule has 33 heavy (non-hydrogen) atoms. The normalized spacial score (nSPS) is 11.1. The fourth-order valence-electron chi connectivity index (χ4n) is 3.74. The second-order valence-electron chi connectivity index (χ2n) is 7.57. The van der Waals surface area contributed by atoms with E-state index in [4.69, 9.17) is 9.47 Å². The lowest BCUT2D eigenvalue weighted by atomic mass is 10.1. The quantitative estimate of drug-likeness (QED) is 0.538. The van der Waals surface area contributed by atoms with E-state index < -0.39 is 22.5 Å². The first-order chi connectivity index (χ1) is 15.7. The first-order valence-corrected chi connectivity index (χ1v) is 11.6. The molecule has 0 radical (unpaired) electrons. The molecule has 0 unspecified atom stereocenters. The monoisotopic (exact) mass is 469 g/mol. The maximum atomic E-state index is 14.0. The number of ether oxygens (including phenoxy) is 2. The second-order valence-corrected chi connectivity index (χ2v) is 9.37. The Kier molecular flexibility index (Phi) is 7.23. The number of nitrogens with zero attached hydrogens (tertiary/aromatic N) is 2. The Bertz CT molecular complexity index is 1240. The van der Waals surface area contributed by atoms with Crippen molar-refractivity contribution in [3.05, 3.63) is 71.5 Å². The van der Waals surface area contributed by atoms with Gasteiger partial charge < -0.3 is 14.8 Å². The van der Waals surface area contributed by atoms with Gasteiger partial charge in [-0.15, -0.1) is 0 Å². The van der Waals surface area contributed by atoms with Gasteiger partial charge in [-0.3, -0.25) is 14.1 Å². The summed E-state index contributed by atoms with van der Waals surface area (Å²) in [6, 6.07) is 11.7. The number of methoxy groups -OCH3 is 2. The molecular weight excluding hydrogens is 442 g/mol. The minimum Gasteiger partial charge on any atom is -0.497 e. The largest absolute Gasteiger partial charge is 0.497 e. The van der Waals surface area contributed by atoms with E-state index in [0.29, 0.717) is 22.6 Å². The maximum absolute atomic E-state index is 14.0. The molecule has 0 aliphatic rings. The zero-order valence-electron chi connectivity index (χ0n) is 19.2. The van der Waals surface area contributed by atoms with Gasteiger partial charge in [0.05, 0.1) is 36.7 Å². The predicted octanol–water partition coefficient (Wildman–Crippen LogP) is 3.86. The van der Waals surface area contributed by atoms with Crippen LogP contribution in [0.25, 0.3) is 0 Å². The van der Waals surface area contributed by atoms with Gasteiger partial charge in [0.2, 0.25) is 5.91 Å². The number of hydrogen-bond acceptors (Lipinski definition) is 6. The van der Waals surface area contributed by atoms with Crippen molar-refractivity contribution in [3.8, 4) is 11.5 Å². The van der Waals surface area contributed by atoms with E-state index in [2.05, 4.69) is 10.3 Å². The minimum absolute atomic E-state index is 0.146. The van der Waals surface area contributed by atoms with Crippen molar-refractivity contribution in [2.45, 2.75) is 25.7 Å². The first kappa shape index (κ1) is 24.1. The van der Waals surface area contributed by atoms with Crippen molar-refractivity contribution < 1.29 is 22.7 Å². The number of anilines is 2. The molecule has 9 heteroatoms. The molecule has 0 aliphatic heterocycles. The van der Waals surface area contributed by atoms with Crippen molar-refractivity contribution >= 4 is 27.3 Å². The third-order valence-corrected chi connectivity index (χ3v) is 7.11. The summed E-state index contributed by atoms with van der Waals surface area (Å²) in [7, 11) is -1.24. The Morgan fingerprint density at radius 2 is 1.73 bits per heavy atom. The molecule has 2 aromatic carbocycles. The molecule has 0 fully saturated rings. The fraction of sp³-hybridized carbons (Fsp3) is 0.250. The summed E-state index contributed by atoms with van der Waals surface area (Å²) in [5.41, 5.74) is 2.78. The van der Waals surface area contributed by atoms with Crippen molar-refractivity contribution in [1.29, 1.82) is 0 Å². The number of rotatable bonds is 8.